The second kappa shape index (κ2) is 8.83. The van der Waals surface area contributed by atoms with E-state index in [-0.39, 0.29) is 12.5 Å². The molecule has 8 heteroatoms. The van der Waals surface area contributed by atoms with E-state index in [2.05, 4.69) is 36.0 Å². The quantitative estimate of drug-likeness (QED) is 0.605. The number of carbonyl (C=O) groups is 1. The van der Waals surface area contributed by atoms with Crippen molar-refractivity contribution < 1.29 is 9.53 Å². The third-order valence-corrected chi connectivity index (χ3v) is 6.70. The molecule has 1 fully saturated rings. The summed E-state index contributed by atoms with van der Waals surface area (Å²) >= 11 is 1.58. The van der Waals surface area contributed by atoms with Gasteiger partial charge in [0, 0.05) is 31.9 Å². The Kier molecular flexibility index (Phi) is 6.17. The molecule has 160 valence electrons. The lowest BCUT2D eigenvalue weighted by molar-refractivity contribution is -0.119. The van der Waals surface area contributed by atoms with Gasteiger partial charge in [-0.1, -0.05) is 11.3 Å². The highest BCUT2D eigenvalue weighted by atomic mass is 32.1. The normalized spacial score (nSPS) is 15.1. The van der Waals surface area contributed by atoms with Crippen molar-refractivity contribution in [3.05, 3.63) is 40.7 Å². The van der Waals surface area contributed by atoms with Gasteiger partial charge in [0.05, 0.1) is 29.1 Å². The average molecular weight is 428 g/mol. The van der Waals surface area contributed by atoms with E-state index in [1.807, 2.05) is 24.8 Å². The molecule has 0 N–H and O–H groups in total. The minimum atomic E-state index is 0.0157. The number of benzene rings is 1. The van der Waals surface area contributed by atoms with Crippen molar-refractivity contribution in [2.75, 3.05) is 44.3 Å². The van der Waals surface area contributed by atoms with Crippen LogP contribution in [0.4, 0.5) is 5.13 Å². The van der Waals surface area contributed by atoms with Crippen LogP contribution in [0.3, 0.4) is 0 Å². The third-order valence-electron chi connectivity index (χ3n) is 5.66. The molecule has 0 aliphatic carbocycles. The van der Waals surface area contributed by atoms with Gasteiger partial charge in [0.25, 0.3) is 5.91 Å². The Morgan fingerprint density at radius 2 is 1.87 bits per heavy atom. The van der Waals surface area contributed by atoms with Crippen molar-refractivity contribution in [3.63, 3.8) is 0 Å². The maximum absolute atomic E-state index is 13.3. The van der Waals surface area contributed by atoms with Gasteiger partial charge < -0.3 is 4.74 Å². The highest BCUT2D eigenvalue weighted by molar-refractivity contribution is 7.22. The Balaban J connectivity index is 1.60. The van der Waals surface area contributed by atoms with Crippen LogP contribution in [0.2, 0.25) is 0 Å². The molecular weight excluding hydrogens is 398 g/mol. The average Bonchev–Trinajstić information content (AvgIpc) is 3.25. The lowest BCUT2D eigenvalue weighted by Gasteiger charge is -2.29. The molecule has 7 nitrogen and oxygen atoms in total. The standard InChI is InChI=1S/C22H29N5O2S/c1-15-11-19-20(12-16(15)2)30-22(23-19)26(6-5-25-7-9-29-10-8-25)21(28)14-27-18(4)13-17(3)24-27/h11-13H,5-10,14H2,1-4H3. The summed E-state index contributed by atoms with van der Waals surface area (Å²) in [6.07, 6.45) is 0. The van der Waals surface area contributed by atoms with Gasteiger partial charge in [-0.15, -0.1) is 0 Å². The Bertz CT molecular complexity index is 1010. The summed E-state index contributed by atoms with van der Waals surface area (Å²) in [6.45, 7) is 13.1. The number of anilines is 1. The van der Waals surface area contributed by atoms with Crippen molar-refractivity contribution >= 4 is 32.6 Å². The van der Waals surface area contributed by atoms with Crippen LogP contribution in [0.25, 0.3) is 10.2 Å². The minimum Gasteiger partial charge on any atom is -0.379 e. The Labute approximate surface area is 181 Å². The second-order valence-electron chi connectivity index (χ2n) is 7.98. The van der Waals surface area contributed by atoms with Gasteiger partial charge in [0.15, 0.2) is 5.13 Å². The van der Waals surface area contributed by atoms with E-state index < -0.39 is 0 Å². The molecule has 1 aliphatic rings. The van der Waals surface area contributed by atoms with Crippen LogP contribution in [0.15, 0.2) is 18.2 Å². The number of aryl methyl sites for hydroxylation is 4. The number of nitrogens with zero attached hydrogens (tertiary/aromatic N) is 5. The number of fused-ring (bicyclic) bond motifs is 1. The van der Waals surface area contributed by atoms with Crippen molar-refractivity contribution in [2.24, 2.45) is 0 Å². The van der Waals surface area contributed by atoms with E-state index in [0.717, 1.165) is 59.6 Å². The molecule has 3 aromatic rings. The van der Waals surface area contributed by atoms with Crippen LogP contribution < -0.4 is 4.90 Å². The smallest absolute Gasteiger partial charge is 0.250 e. The number of amides is 1. The molecule has 1 aromatic carbocycles. The van der Waals surface area contributed by atoms with Crippen molar-refractivity contribution in [1.29, 1.82) is 0 Å². The molecule has 0 unspecified atom stereocenters. The lowest BCUT2D eigenvalue weighted by atomic mass is 10.1. The monoisotopic (exact) mass is 427 g/mol. The number of rotatable bonds is 6. The fraction of sp³-hybridized carbons (Fsp3) is 0.500. The fourth-order valence-electron chi connectivity index (χ4n) is 3.72. The van der Waals surface area contributed by atoms with Crippen molar-refractivity contribution in [3.8, 4) is 0 Å². The molecular formula is C22H29N5O2S. The Morgan fingerprint density at radius 1 is 1.13 bits per heavy atom. The highest BCUT2D eigenvalue weighted by Crippen LogP contribution is 2.31. The SMILES string of the molecule is Cc1cc(C)n(CC(=O)N(CCN2CCOCC2)c2nc3cc(C)c(C)cc3s2)n1. The summed E-state index contributed by atoms with van der Waals surface area (Å²) in [6, 6.07) is 6.27. The molecule has 1 aliphatic heterocycles. The Morgan fingerprint density at radius 3 is 2.57 bits per heavy atom. The summed E-state index contributed by atoms with van der Waals surface area (Å²) in [5.74, 6) is 0.0157. The van der Waals surface area contributed by atoms with E-state index in [1.165, 1.54) is 11.1 Å². The first-order valence-electron chi connectivity index (χ1n) is 10.4. The maximum Gasteiger partial charge on any atom is 0.250 e. The van der Waals surface area contributed by atoms with E-state index in [0.29, 0.717) is 6.54 Å². The molecule has 1 saturated heterocycles. The van der Waals surface area contributed by atoms with Gasteiger partial charge in [0.2, 0.25) is 0 Å². The summed E-state index contributed by atoms with van der Waals surface area (Å²) in [5.41, 5.74) is 5.32. The minimum absolute atomic E-state index is 0.0157. The van der Waals surface area contributed by atoms with E-state index in [4.69, 9.17) is 9.72 Å². The lowest BCUT2D eigenvalue weighted by Crippen LogP contribution is -2.44. The summed E-state index contributed by atoms with van der Waals surface area (Å²) in [4.78, 5) is 22.3. The van der Waals surface area contributed by atoms with Gasteiger partial charge in [-0.2, -0.15) is 5.10 Å². The number of ether oxygens (including phenoxy) is 1. The number of morpholine rings is 1. The number of carbonyl (C=O) groups excluding carboxylic acids is 1. The van der Waals surface area contributed by atoms with Gasteiger partial charge in [-0.25, -0.2) is 4.98 Å². The van der Waals surface area contributed by atoms with Crippen LogP contribution in [0, 0.1) is 27.7 Å². The largest absolute Gasteiger partial charge is 0.379 e. The number of aromatic nitrogens is 3. The third kappa shape index (κ3) is 4.55. The van der Waals surface area contributed by atoms with E-state index >= 15 is 0 Å². The van der Waals surface area contributed by atoms with Crippen LogP contribution in [0.1, 0.15) is 22.5 Å². The van der Waals surface area contributed by atoms with Gasteiger partial charge >= 0.3 is 0 Å². The molecule has 30 heavy (non-hydrogen) atoms. The number of hydrogen-bond donors (Lipinski definition) is 0. The van der Waals surface area contributed by atoms with E-state index in [1.54, 1.807) is 16.0 Å². The molecule has 0 atom stereocenters. The predicted octanol–water partition coefficient (Wildman–Crippen LogP) is 3.09. The molecule has 1 amide bonds. The van der Waals surface area contributed by atoms with E-state index in [9.17, 15) is 4.79 Å². The molecule has 3 heterocycles. The fourth-order valence-corrected chi connectivity index (χ4v) is 4.81. The number of thiazole rings is 1. The molecule has 0 radical (unpaired) electrons. The predicted molar refractivity (Wildman–Crippen MR) is 120 cm³/mol. The van der Waals surface area contributed by atoms with Crippen molar-refractivity contribution in [1.82, 2.24) is 19.7 Å². The van der Waals surface area contributed by atoms with Crippen LogP contribution in [0.5, 0.6) is 0 Å². The molecule has 0 saturated carbocycles. The zero-order valence-corrected chi connectivity index (χ0v) is 19.0. The first-order chi connectivity index (χ1) is 14.4. The molecule has 2 aromatic heterocycles. The first-order valence-corrected chi connectivity index (χ1v) is 11.2. The van der Waals surface area contributed by atoms with Gasteiger partial charge in [0.1, 0.15) is 6.54 Å². The molecule has 0 bridgehead atoms. The topological polar surface area (TPSA) is 63.5 Å². The summed E-state index contributed by atoms with van der Waals surface area (Å²) in [7, 11) is 0. The summed E-state index contributed by atoms with van der Waals surface area (Å²) < 4.78 is 8.34. The maximum atomic E-state index is 13.3. The second-order valence-corrected chi connectivity index (χ2v) is 8.99. The van der Waals surface area contributed by atoms with Crippen molar-refractivity contribution in [2.45, 2.75) is 34.2 Å². The first kappa shape index (κ1) is 21.0. The van der Waals surface area contributed by atoms with Crippen LogP contribution in [-0.4, -0.2) is 65.0 Å². The molecule has 0 spiro atoms. The van der Waals surface area contributed by atoms with Crippen LogP contribution in [-0.2, 0) is 16.1 Å². The highest BCUT2D eigenvalue weighted by Gasteiger charge is 2.23. The number of hydrogen-bond acceptors (Lipinski definition) is 6. The zero-order chi connectivity index (χ0) is 21.3. The zero-order valence-electron chi connectivity index (χ0n) is 18.1. The van der Waals surface area contributed by atoms with Gasteiger partial charge in [-0.3, -0.25) is 19.3 Å². The summed E-state index contributed by atoms with van der Waals surface area (Å²) in [5, 5.41) is 5.23. The molecule has 4 rings (SSSR count). The van der Waals surface area contributed by atoms with Gasteiger partial charge in [-0.05, 0) is 57.0 Å². The Hall–Kier alpha value is -2.29. The van der Waals surface area contributed by atoms with Crippen LogP contribution >= 0.6 is 11.3 Å².